The summed E-state index contributed by atoms with van der Waals surface area (Å²) >= 11 is 6.11. The first-order valence-corrected chi connectivity index (χ1v) is 12.3. The van der Waals surface area contributed by atoms with Crippen LogP contribution in [0.3, 0.4) is 0 Å². The highest BCUT2D eigenvalue weighted by atomic mass is 35.5. The Bertz CT molecular complexity index is 1240. The molecule has 10 heteroatoms. The van der Waals surface area contributed by atoms with Gasteiger partial charge in [0, 0.05) is 43.3 Å². The number of fused-ring (bicyclic) bond motifs is 1. The molecule has 2 aliphatic rings. The van der Waals surface area contributed by atoms with Gasteiger partial charge in [-0.2, -0.15) is 4.31 Å². The number of aryl methyl sites for hydroxylation is 1. The molecule has 0 aromatic heterocycles. The van der Waals surface area contributed by atoms with Crippen LogP contribution in [0, 0.1) is 6.92 Å². The summed E-state index contributed by atoms with van der Waals surface area (Å²) in [6, 6.07) is 10.3. The van der Waals surface area contributed by atoms with E-state index in [4.69, 9.17) is 16.3 Å². The summed E-state index contributed by atoms with van der Waals surface area (Å²) in [4.78, 5) is 26.1. The van der Waals surface area contributed by atoms with Crippen molar-refractivity contribution < 1.29 is 22.7 Å². The van der Waals surface area contributed by atoms with Crippen LogP contribution in [0.4, 0.5) is 5.69 Å². The maximum Gasteiger partial charge on any atom is 0.265 e. The summed E-state index contributed by atoms with van der Waals surface area (Å²) < 4.78 is 33.6. The molecule has 0 radical (unpaired) electrons. The van der Waals surface area contributed by atoms with E-state index >= 15 is 0 Å². The third kappa shape index (κ3) is 4.75. The summed E-state index contributed by atoms with van der Waals surface area (Å²) in [5.74, 6) is -0.151. The van der Waals surface area contributed by atoms with Crippen molar-refractivity contribution in [2.24, 2.45) is 0 Å². The molecule has 2 heterocycles. The van der Waals surface area contributed by atoms with Gasteiger partial charge in [0.2, 0.25) is 15.9 Å². The first-order valence-electron chi connectivity index (χ1n) is 10.5. The van der Waals surface area contributed by atoms with E-state index in [9.17, 15) is 18.0 Å². The normalized spacial score (nSPS) is 19.2. The van der Waals surface area contributed by atoms with E-state index in [1.165, 1.54) is 16.4 Å². The van der Waals surface area contributed by atoms with Crippen LogP contribution in [0.15, 0.2) is 47.4 Å². The van der Waals surface area contributed by atoms with Crippen molar-refractivity contribution in [1.82, 2.24) is 9.21 Å². The first-order chi connectivity index (χ1) is 15.7. The number of carbonyl (C=O) groups excluding carboxylic acids is 2. The second-order valence-corrected chi connectivity index (χ2v) is 10.3. The lowest BCUT2D eigenvalue weighted by Gasteiger charge is -2.34. The quantitative estimate of drug-likeness (QED) is 0.666. The standard InChI is InChI=1S/C23H24ClN3O5S/c1-15-13-19-20(32-16(2)23(29)25-19)14-21(15)33(30,31)27-11-9-26(10-12-27)22(28)8-7-17-5-3-4-6-18(17)24/h3-8,13-14,16H,9-12H2,1-2H3,(H,25,29)/b8-7+/t16-/m1/s1. The Morgan fingerprint density at radius 2 is 1.88 bits per heavy atom. The summed E-state index contributed by atoms with van der Waals surface area (Å²) in [5, 5.41) is 3.27. The predicted octanol–water partition coefficient (Wildman–Crippen LogP) is 2.91. The molecule has 1 saturated heterocycles. The number of amides is 2. The van der Waals surface area contributed by atoms with E-state index in [-0.39, 0.29) is 42.9 Å². The highest BCUT2D eigenvalue weighted by Crippen LogP contribution is 2.35. The molecule has 1 fully saturated rings. The maximum atomic E-state index is 13.3. The van der Waals surface area contributed by atoms with Crippen LogP contribution in [0.2, 0.25) is 5.02 Å². The van der Waals surface area contributed by atoms with Gasteiger partial charge in [0.05, 0.1) is 10.6 Å². The number of carbonyl (C=O) groups is 2. The minimum absolute atomic E-state index is 0.128. The number of anilines is 1. The van der Waals surface area contributed by atoms with Crippen LogP contribution < -0.4 is 10.1 Å². The smallest absolute Gasteiger partial charge is 0.265 e. The second-order valence-electron chi connectivity index (χ2n) is 7.95. The van der Waals surface area contributed by atoms with Crippen LogP contribution in [-0.2, 0) is 19.6 Å². The molecular formula is C23H24ClN3O5S. The lowest BCUT2D eigenvalue weighted by atomic mass is 10.1. The Balaban J connectivity index is 1.45. The molecule has 0 saturated carbocycles. The Morgan fingerprint density at radius 3 is 2.58 bits per heavy atom. The number of nitrogens with one attached hydrogen (secondary N) is 1. The minimum Gasteiger partial charge on any atom is -0.479 e. The van der Waals surface area contributed by atoms with Gasteiger partial charge in [-0.05, 0) is 43.2 Å². The average molecular weight is 490 g/mol. The fraction of sp³-hybridized carbons (Fsp3) is 0.304. The molecule has 0 aliphatic carbocycles. The number of hydrogen-bond acceptors (Lipinski definition) is 5. The topological polar surface area (TPSA) is 96.0 Å². The van der Waals surface area contributed by atoms with E-state index in [0.29, 0.717) is 22.0 Å². The number of halogens is 1. The van der Waals surface area contributed by atoms with Crippen molar-refractivity contribution in [3.63, 3.8) is 0 Å². The molecule has 2 amide bonds. The van der Waals surface area contributed by atoms with Crippen LogP contribution >= 0.6 is 11.6 Å². The van der Waals surface area contributed by atoms with Gasteiger partial charge in [0.25, 0.3) is 5.91 Å². The SMILES string of the molecule is Cc1cc2c(cc1S(=O)(=O)N1CCN(C(=O)/C=C/c3ccccc3Cl)CC1)O[C@H](C)C(=O)N2. The van der Waals surface area contributed by atoms with E-state index < -0.39 is 16.1 Å². The number of rotatable bonds is 4. The van der Waals surface area contributed by atoms with Gasteiger partial charge in [-0.1, -0.05) is 29.8 Å². The number of benzene rings is 2. The van der Waals surface area contributed by atoms with E-state index in [1.54, 1.807) is 37.0 Å². The molecule has 8 nitrogen and oxygen atoms in total. The minimum atomic E-state index is -3.80. The lowest BCUT2D eigenvalue weighted by Crippen LogP contribution is -2.50. The molecule has 4 rings (SSSR count). The van der Waals surface area contributed by atoms with E-state index in [2.05, 4.69) is 5.32 Å². The fourth-order valence-electron chi connectivity index (χ4n) is 3.79. The van der Waals surface area contributed by atoms with Crippen molar-refractivity contribution in [3.05, 3.63) is 58.6 Å². The number of hydrogen-bond donors (Lipinski definition) is 1. The van der Waals surface area contributed by atoms with Gasteiger partial charge in [-0.3, -0.25) is 9.59 Å². The highest BCUT2D eigenvalue weighted by molar-refractivity contribution is 7.89. The molecule has 0 unspecified atom stereocenters. The van der Waals surface area contributed by atoms with E-state index in [1.807, 2.05) is 18.2 Å². The predicted molar refractivity (Wildman–Crippen MR) is 126 cm³/mol. The molecule has 1 atom stereocenters. The Hall–Kier alpha value is -2.88. The van der Waals surface area contributed by atoms with Crippen molar-refractivity contribution >= 4 is 45.2 Å². The zero-order valence-corrected chi connectivity index (χ0v) is 19.8. The second kappa shape index (κ2) is 9.17. The Morgan fingerprint density at radius 1 is 1.18 bits per heavy atom. The van der Waals surface area contributed by atoms with Crippen molar-refractivity contribution in [1.29, 1.82) is 0 Å². The number of nitrogens with zero attached hydrogens (tertiary/aromatic N) is 2. The van der Waals surface area contributed by atoms with Crippen LogP contribution in [0.1, 0.15) is 18.1 Å². The van der Waals surface area contributed by atoms with Crippen molar-refractivity contribution in [3.8, 4) is 5.75 Å². The molecule has 2 aromatic rings. The fourth-order valence-corrected chi connectivity index (χ4v) is 5.63. The van der Waals surface area contributed by atoms with E-state index in [0.717, 1.165) is 5.56 Å². The highest BCUT2D eigenvalue weighted by Gasteiger charge is 2.33. The zero-order valence-electron chi connectivity index (χ0n) is 18.2. The van der Waals surface area contributed by atoms with Crippen LogP contribution in [0.5, 0.6) is 5.75 Å². The summed E-state index contributed by atoms with van der Waals surface area (Å²) in [5.41, 5.74) is 1.70. The summed E-state index contributed by atoms with van der Waals surface area (Å²) in [6.07, 6.45) is 2.40. The number of sulfonamides is 1. The van der Waals surface area contributed by atoms with Gasteiger partial charge in [-0.15, -0.1) is 0 Å². The third-order valence-electron chi connectivity index (χ3n) is 5.69. The summed E-state index contributed by atoms with van der Waals surface area (Å²) in [7, 11) is -3.80. The molecule has 33 heavy (non-hydrogen) atoms. The number of piperazine rings is 1. The van der Waals surface area contributed by atoms with Crippen molar-refractivity contribution in [2.75, 3.05) is 31.5 Å². The Labute approximate surface area is 197 Å². The van der Waals surface area contributed by atoms with Gasteiger partial charge in [0.15, 0.2) is 6.10 Å². The molecule has 1 N–H and O–H groups in total. The average Bonchev–Trinajstić information content (AvgIpc) is 2.79. The molecule has 2 aliphatic heterocycles. The van der Waals surface area contributed by atoms with Crippen LogP contribution in [0.25, 0.3) is 6.08 Å². The molecule has 0 spiro atoms. The van der Waals surface area contributed by atoms with Gasteiger partial charge < -0.3 is 15.0 Å². The van der Waals surface area contributed by atoms with Gasteiger partial charge in [-0.25, -0.2) is 8.42 Å². The molecule has 174 valence electrons. The van der Waals surface area contributed by atoms with Crippen LogP contribution in [-0.4, -0.2) is 61.7 Å². The Kier molecular flexibility index (Phi) is 6.47. The summed E-state index contributed by atoms with van der Waals surface area (Å²) in [6.45, 7) is 4.19. The molecule has 0 bridgehead atoms. The largest absolute Gasteiger partial charge is 0.479 e. The zero-order chi connectivity index (χ0) is 23.8. The van der Waals surface area contributed by atoms with Gasteiger partial charge in [0.1, 0.15) is 5.75 Å². The third-order valence-corrected chi connectivity index (χ3v) is 8.07. The van der Waals surface area contributed by atoms with Crippen molar-refractivity contribution in [2.45, 2.75) is 24.8 Å². The molecule has 2 aromatic carbocycles. The first kappa shape index (κ1) is 23.3. The molecular weight excluding hydrogens is 466 g/mol. The monoisotopic (exact) mass is 489 g/mol. The number of ether oxygens (including phenoxy) is 1. The lowest BCUT2D eigenvalue weighted by molar-refractivity contribution is -0.127. The maximum absolute atomic E-state index is 13.3. The van der Waals surface area contributed by atoms with Gasteiger partial charge >= 0.3 is 0 Å².